The van der Waals surface area contributed by atoms with E-state index < -0.39 is 0 Å². The number of carbonyl (C=O) groups excluding carboxylic acids is 2. The van der Waals surface area contributed by atoms with Crippen molar-refractivity contribution in [3.63, 3.8) is 0 Å². The van der Waals surface area contributed by atoms with Gasteiger partial charge in [-0.15, -0.1) is 0 Å². The van der Waals surface area contributed by atoms with E-state index in [1.54, 1.807) is 7.11 Å². The average Bonchev–Trinajstić information content (AvgIpc) is 3.00. The summed E-state index contributed by atoms with van der Waals surface area (Å²) in [6.07, 6.45) is 0. The van der Waals surface area contributed by atoms with Gasteiger partial charge in [-0.05, 0) is 80.6 Å². The molecule has 0 radical (unpaired) electrons. The third-order valence-corrected chi connectivity index (χ3v) is 6.17. The van der Waals surface area contributed by atoms with Gasteiger partial charge in [-0.25, -0.2) is 4.90 Å². The van der Waals surface area contributed by atoms with Crippen molar-refractivity contribution in [2.75, 3.05) is 17.3 Å². The monoisotopic (exact) mass is 440 g/mol. The Morgan fingerprint density at radius 2 is 1.48 bits per heavy atom. The molecule has 0 bridgehead atoms. The number of ether oxygens (including phenoxy) is 1. The molecule has 0 aromatic heterocycles. The summed E-state index contributed by atoms with van der Waals surface area (Å²) in [7, 11) is 1.58. The largest absolute Gasteiger partial charge is 0.495 e. The van der Waals surface area contributed by atoms with Crippen LogP contribution in [-0.2, 0) is 9.59 Å². The summed E-state index contributed by atoms with van der Waals surface area (Å²) in [6, 6.07) is 17.2. The van der Waals surface area contributed by atoms with Gasteiger partial charge >= 0.3 is 0 Å². The van der Waals surface area contributed by atoms with Crippen molar-refractivity contribution in [3.8, 4) is 5.75 Å². The van der Waals surface area contributed by atoms with Crippen LogP contribution in [0.4, 0.5) is 11.4 Å². The maximum atomic E-state index is 13.8. The van der Waals surface area contributed by atoms with Gasteiger partial charge in [-0.2, -0.15) is 0 Å². The number of amides is 2. The number of rotatable bonds is 5. The standard InChI is InChI=1S/C28H28N2O3/c1-16-10-12-21(19(4)14-16)25-26(29-22-15-17(2)11-13-24(22)33-6)28(32)30(27(25)31)23-9-7-8-18(3)20(23)5/h7-15,29H,1-6H3. The van der Waals surface area contributed by atoms with Crippen molar-refractivity contribution >= 4 is 28.8 Å². The summed E-state index contributed by atoms with van der Waals surface area (Å²) >= 11 is 0. The molecule has 4 rings (SSSR count). The summed E-state index contributed by atoms with van der Waals surface area (Å²) in [5.41, 5.74) is 7.53. The molecule has 0 spiro atoms. The first-order valence-corrected chi connectivity index (χ1v) is 10.9. The molecule has 0 unspecified atom stereocenters. The summed E-state index contributed by atoms with van der Waals surface area (Å²) in [5.74, 6) is -0.125. The van der Waals surface area contributed by atoms with Crippen LogP contribution in [0.3, 0.4) is 0 Å². The number of anilines is 2. The average molecular weight is 441 g/mol. The zero-order chi connectivity index (χ0) is 23.9. The Labute approximate surface area is 194 Å². The van der Waals surface area contributed by atoms with Gasteiger partial charge in [0.1, 0.15) is 11.4 Å². The molecule has 168 valence electrons. The van der Waals surface area contributed by atoms with Crippen LogP contribution in [0.1, 0.15) is 33.4 Å². The van der Waals surface area contributed by atoms with Crippen LogP contribution in [0.5, 0.6) is 5.75 Å². The molecule has 1 N–H and O–H groups in total. The SMILES string of the molecule is COc1ccc(C)cc1NC1=C(c2ccc(C)cc2C)C(=O)N(c2cccc(C)c2C)C1=O. The van der Waals surface area contributed by atoms with Crippen molar-refractivity contribution in [2.24, 2.45) is 0 Å². The number of nitrogens with zero attached hydrogens (tertiary/aromatic N) is 1. The predicted octanol–water partition coefficient (Wildman–Crippen LogP) is 5.63. The Morgan fingerprint density at radius 3 is 2.18 bits per heavy atom. The Bertz CT molecular complexity index is 1320. The zero-order valence-corrected chi connectivity index (χ0v) is 19.9. The van der Waals surface area contributed by atoms with Crippen LogP contribution in [0.15, 0.2) is 60.3 Å². The molecule has 1 aliphatic heterocycles. The molecule has 3 aromatic carbocycles. The molecule has 0 atom stereocenters. The second-order valence-corrected chi connectivity index (χ2v) is 8.56. The fourth-order valence-electron chi connectivity index (χ4n) is 4.24. The molecule has 0 saturated heterocycles. The number of hydrogen-bond acceptors (Lipinski definition) is 4. The summed E-state index contributed by atoms with van der Waals surface area (Å²) < 4.78 is 5.50. The molecule has 1 aliphatic rings. The molecule has 2 amide bonds. The lowest BCUT2D eigenvalue weighted by atomic mass is 9.97. The van der Waals surface area contributed by atoms with Crippen LogP contribution in [-0.4, -0.2) is 18.9 Å². The smallest absolute Gasteiger partial charge is 0.282 e. The highest BCUT2D eigenvalue weighted by atomic mass is 16.5. The van der Waals surface area contributed by atoms with Crippen molar-refractivity contribution < 1.29 is 14.3 Å². The van der Waals surface area contributed by atoms with Crippen LogP contribution in [0.2, 0.25) is 0 Å². The van der Waals surface area contributed by atoms with Gasteiger partial charge in [0.2, 0.25) is 0 Å². The molecule has 5 heteroatoms. The number of benzene rings is 3. The molecule has 33 heavy (non-hydrogen) atoms. The van der Waals surface area contributed by atoms with Gasteiger partial charge in [0.25, 0.3) is 11.8 Å². The predicted molar refractivity (Wildman–Crippen MR) is 133 cm³/mol. The third-order valence-electron chi connectivity index (χ3n) is 6.17. The number of aryl methyl sites for hydroxylation is 4. The maximum Gasteiger partial charge on any atom is 0.282 e. The number of methoxy groups -OCH3 is 1. The molecular weight excluding hydrogens is 412 g/mol. The molecule has 0 fully saturated rings. The zero-order valence-electron chi connectivity index (χ0n) is 19.9. The molecule has 5 nitrogen and oxygen atoms in total. The lowest BCUT2D eigenvalue weighted by molar-refractivity contribution is -0.120. The minimum Gasteiger partial charge on any atom is -0.495 e. The van der Waals surface area contributed by atoms with Gasteiger partial charge in [0.15, 0.2) is 0 Å². The van der Waals surface area contributed by atoms with E-state index in [1.807, 2.05) is 89.2 Å². The fraction of sp³-hybridized carbons (Fsp3) is 0.214. The Hall–Kier alpha value is -3.86. The molecule has 0 aliphatic carbocycles. The lowest BCUT2D eigenvalue weighted by Crippen LogP contribution is -2.33. The van der Waals surface area contributed by atoms with Gasteiger partial charge in [0.05, 0.1) is 24.1 Å². The van der Waals surface area contributed by atoms with Crippen molar-refractivity contribution in [1.82, 2.24) is 0 Å². The van der Waals surface area contributed by atoms with Gasteiger partial charge in [-0.3, -0.25) is 9.59 Å². The molecule has 0 saturated carbocycles. The van der Waals surface area contributed by atoms with E-state index in [0.29, 0.717) is 22.7 Å². The highest BCUT2D eigenvalue weighted by molar-refractivity contribution is 6.46. The number of carbonyl (C=O) groups is 2. The lowest BCUT2D eigenvalue weighted by Gasteiger charge is -2.19. The molecule has 1 heterocycles. The second-order valence-electron chi connectivity index (χ2n) is 8.56. The Kier molecular flexibility index (Phi) is 5.81. The van der Waals surface area contributed by atoms with E-state index in [4.69, 9.17) is 4.74 Å². The van der Waals surface area contributed by atoms with Crippen LogP contribution in [0, 0.1) is 34.6 Å². The first-order chi connectivity index (χ1) is 15.7. The van der Waals surface area contributed by atoms with E-state index in [9.17, 15) is 9.59 Å². The summed E-state index contributed by atoms with van der Waals surface area (Å²) in [4.78, 5) is 28.9. The van der Waals surface area contributed by atoms with E-state index in [1.165, 1.54) is 4.90 Å². The van der Waals surface area contributed by atoms with E-state index in [0.717, 1.165) is 33.4 Å². The van der Waals surface area contributed by atoms with Crippen molar-refractivity contribution in [2.45, 2.75) is 34.6 Å². The minimum atomic E-state index is -0.382. The number of nitrogens with one attached hydrogen (secondary N) is 1. The molecular formula is C28H28N2O3. The van der Waals surface area contributed by atoms with Crippen LogP contribution < -0.4 is 15.0 Å². The van der Waals surface area contributed by atoms with Crippen LogP contribution in [0.25, 0.3) is 5.57 Å². The fourth-order valence-corrected chi connectivity index (χ4v) is 4.24. The van der Waals surface area contributed by atoms with Gasteiger partial charge in [0, 0.05) is 0 Å². The van der Waals surface area contributed by atoms with Gasteiger partial charge in [-0.1, -0.05) is 42.0 Å². The van der Waals surface area contributed by atoms with Gasteiger partial charge < -0.3 is 10.1 Å². The Balaban J connectivity index is 1.92. The second kappa shape index (κ2) is 8.58. The van der Waals surface area contributed by atoms with E-state index in [-0.39, 0.29) is 17.5 Å². The maximum absolute atomic E-state index is 13.8. The molecule has 3 aromatic rings. The first kappa shape index (κ1) is 22.3. The quantitative estimate of drug-likeness (QED) is 0.522. The van der Waals surface area contributed by atoms with Crippen molar-refractivity contribution in [3.05, 3.63) is 93.7 Å². The minimum absolute atomic E-state index is 0.247. The summed E-state index contributed by atoms with van der Waals surface area (Å²) in [6.45, 7) is 9.83. The Morgan fingerprint density at radius 1 is 0.788 bits per heavy atom. The van der Waals surface area contributed by atoms with Crippen LogP contribution >= 0.6 is 0 Å². The van der Waals surface area contributed by atoms with Crippen molar-refractivity contribution in [1.29, 1.82) is 0 Å². The topological polar surface area (TPSA) is 58.6 Å². The summed E-state index contributed by atoms with van der Waals surface area (Å²) in [5, 5.41) is 3.25. The number of hydrogen-bond donors (Lipinski definition) is 1. The highest BCUT2D eigenvalue weighted by Gasteiger charge is 2.41. The number of imide groups is 1. The normalized spacial score (nSPS) is 13.7. The highest BCUT2D eigenvalue weighted by Crippen LogP contribution is 2.38. The van der Waals surface area contributed by atoms with E-state index in [2.05, 4.69) is 5.32 Å². The van der Waals surface area contributed by atoms with E-state index >= 15 is 0 Å². The third kappa shape index (κ3) is 3.91. The first-order valence-electron chi connectivity index (χ1n) is 10.9.